The number of primary amides is 1. The van der Waals surface area contributed by atoms with Crippen molar-refractivity contribution in [2.75, 3.05) is 6.54 Å². The monoisotopic (exact) mass is 320 g/mol. The molecule has 4 nitrogen and oxygen atoms in total. The van der Waals surface area contributed by atoms with Crippen molar-refractivity contribution in [2.45, 2.75) is 25.8 Å². The summed E-state index contributed by atoms with van der Waals surface area (Å²) in [5.41, 5.74) is 5.72. The summed E-state index contributed by atoms with van der Waals surface area (Å²) in [6, 6.07) is 1.63. The van der Waals surface area contributed by atoms with Crippen molar-refractivity contribution in [3.63, 3.8) is 0 Å². The van der Waals surface area contributed by atoms with Crippen molar-refractivity contribution in [1.82, 2.24) is 4.90 Å². The number of amides is 2. The Morgan fingerprint density at radius 1 is 1.42 bits per heavy atom. The van der Waals surface area contributed by atoms with Gasteiger partial charge >= 0.3 is 0 Å². The lowest BCUT2D eigenvalue weighted by atomic mass is 9.92. The number of carbonyl (C=O) groups excluding carboxylic acids is 2. The fraction of sp³-hybridized carbons (Fsp3) is 0.500. The zero-order chi connectivity index (χ0) is 14.2. The number of piperidine rings is 1. The summed E-state index contributed by atoms with van der Waals surface area (Å²) in [5, 5.41) is 0. The minimum atomic E-state index is -0.362. The maximum Gasteiger partial charge on any atom is 0.256 e. The third kappa shape index (κ3) is 3.04. The molecule has 0 radical (unpaired) electrons. The van der Waals surface area contributed by atoms with Gasteiger partial charge in [0, 0.05) is 12.6 Å². The number of hydrogen-bond acceptors (Lipinski definition) is 3. The first-order chi connectivity index (χ1) is 8.90. The van der Waals surface area contributed by atoms with E-state index in [0.717, 1.165) is 24.2 Å². The van der Waals surface area contributed by atoms with Crippen molar-refractivity contribution in [1.29, 1.82) is 0 Å². The third-order valence-corrected chi connectivity index (χ3v) is 4.92. The van der Waals surface area contributed by atoms with Crippen molar-refractivity contribution in [3.8, 4) is 0 Å². The van der Waals surface area contributed by atoms with E-state index < -0.39 is 0 Å². The van der Waals surface area contributed by atoms with Crippen molar-refractivity contribution in [3.05, 3.63) is 20.3 Å². The second-order valence-electron chi connectivity index (χ2n) is 4.72. The Kier molecular flexibility index (Phi) is 4.38. The summed E-state index contributed by atoms with van der Waals surface area (Å²) in [6.45, 7) is 2.30. The topological polar surface area (TPSA) is 63.4 Å². The maximum atomic E-state index is 12.4. The molecule has 0 unspecified atom stereocenters. The molecule has 2 atom stereocenters. The Labute approximate surface area is 125 Å². The standard InChI is InChI=1S/C12H14Cl2N2O2S/c1-6-2-3-7(11(15)17)5-16(6)12(18)8-4-9(13)19-10(8)14/h4,6-7H,2-3,5H2,1H3,(H2,15,17)/t6-,7-/m0/s1. The molecule has 2 heterocycles. The van der Waals surface area contributed by atoms with E-state index in [4.69, 9.17) is 28.9 Å². The fourth-order valence-corrected chi connectivity index (χ4v) is 3.71. The van der Waals surface area contributed by atoms with Gasteiger partial charge in [0.2, 0.25) is 5.91 Å². The van der Waals surface area contributed by atoms with Gasteiger partial charge in [-0.25, -0.2) is 0 Å². The van der Waals surface area contributed by atoms with Gasteiger partial charge in [-0.05, 0) is 25.8 Å². The van der Waals surface area contributed by atoms with Crippen LogP contribution in [0.25, 0.3) is 0 Å². The molecule has 2 rings (SSSR count). The molecule has 1 saturated heterocycles. The molecule has 0 spiro atoms. The van der Waals surface area contributed by atoms with Crippen LogP contribution in [-0.4, -0.2) is 29.3 Å². The molecule has 0 aromatic carbocycles. The van der Waals surface area contributed by atoms with Crippen molar-refractivity contribution in [2.24, 2.45) is 11.7 Å². The average molecular weight is 321 g/mol. The lowest BCUT2D eigenvalue weighted by Gasteiger charge is -2.36. The quantitative estimate of drug-likeness (QED) is 0.910. The average Bonchev–Trinajstić information content (AvgIpc) is 2.68. The van der Waals surface area contributed by atoms with Gasteiger partial charge in [0.15, 0.2) is 0 Å². The number of rotatable bonds is 2. The van der Waals surface area contributed by atoms with Gasteiger partial charge in [0.1, 0.15) is 4.34 Å². The second-order valence-corrected chi connectivity index (χ2v) is 7.01. The number of halogens is 2. The number of thiophene rings is 1. The number of carbonyl (C=O) groups is 2. The van der Waals surface area contributed by atoms with E-state index in [2.05, 4.69) is 0 Å². The van der Waals surface area contributed by atoms with Gasteiger partial charge in [-0.3, -0.25) is 9.59 Å². The highest BCUT2D eigenvalue weighted by Gasteiger charge is 2.33. The first kappa shape index (κ1) is 14.6. The number of likely N-dealkylation sites (tertiary alicyclic amines) is 1. The van der Waals surface area contributed by atoms with E-state index in [9.17, 15) is 9.59 Å². The molecule has 1 aromatic heterocycles. The highest BCUT2D eigenvalue weighted by atomic mass is 35.5. The summed E-state index contributed by atoms with van der Waals surface area (Å²) in [7, 11) is 0. The summed E-state index contributed by atoms with van der Waals surface area (Å²) in [5.74, 6) is -0.834. The molecule has 0 saturated carbocycles. The van der Waals surface area contributed by atoms with E-state index >= 15 is 0 Å². The minimum absolute atomic E-state index is 0.0674. The van der Waals surface area contributed by atoms with Gasteiger partial charge in [-0.1, -0.05) is 23.2 Å². The van der Waals surface area contributed by atoms with Crippen LogP contribution >= 0.6 is 34.5 Å². The largest absolute Gasteiger partial charge is 0.369 e. The predicted molar refractivity (Wildman–Crippen MR) is 76.8 cm³/mol. The van der Waals surface area contributed by atoms with Crippen LogP contribution in [0.3, 0.4) is 0 Å². The normalized spacial score (nSPS) is 23.4. The molecule has 1 aromatic rings. The van der Waals surface area contributed by atoms with Crippen LogP contribution in [0.1, 0.15) is 30.1 Å². The summed E-state index contributed by atoms with van der Waals surface area (Å²) >= 11 is 13.0. The lowest BCUT2D eigenvalue weighted by molar-refractivity contribution is -0.123. The van der Waals surface area contributed by atoms with Crippen LogP contribution in [0.2, 0.25) is 8.67 Å². The maximum absolute atomic E-state index is 12.4. The molecule has 1 aliphatic heterocycles. The van der Waals surface area contributed by atoms with Crippen molar-refractivity contribution < 1.29 is 9.59 Å². The summed E-state index contributed by atoms with van der Waals surface area (Å²) < 4.78 is 0.855. The zero-order valence-electron chi connectivity index (χ0n) is 10.4. The van der Waals surface area contributed by atoms with E-state index in [1.54, 1.807) is 11.0 Å². The first-order valence-electron chi connectivity index (χ1n) is 5.95. The van der Waals surface area contributed by atoms with Gasteiger partial charge in [-0.2, -0.15) is 0 Å². The molecule has 1 fully saturated rings. The molecule has 104 valence electrons. The summed E-state index contributed by atoms with van der Waals surface area (Å²) in [4.78, 5) is 25.4. The zero-order valence-corrected chi connectivity index (χ0v) is 12.7. The molecule has 19 heavy (non-hydrogen) atoms. The molecular weight excluding hydrogens is 307 g/mol. The SMILES string of the molecule is C[C@H]1CC[C@H](C(N)=O)CN1C(=O)c1cc(Cl)sc1Cl. The molecule has 0 bridgehead atoms. The predicted octanol–water partition coefficient (Wildman–Crippen LogP) is 2.78. The minimum Gasteiger partial charge on any atom is -0.369 e. The molecule has 7 heteroatoms. The Bertz CT molecular complexity index is 518. The molecular formula is C12H14Cl2N2O2S. The van der Waals surface area contributed by atoms with Crippen LogP contribution in [0.5, 0.6) is 0 Å². The molecule has 0 aliphatic carbocycles. The van der Waals surface area contributed by atoms with E-state index in [1.165, 1.54) is 0 Å². The lowest BCUT2D eigenvalue weighted by Crippen LogP contribution is -2.48. The van der Waals surface area contributed by atoms with Crippen LogP contribution in [0, 0.1) is 5.92 Å². The van der Waals surface area contributed by atoms with Gasteiger partial charge in [0.05, 0.1) is 15.8 Å². The molecule has 2 N–H and O–H groups in total. The molecule has 1 aliphatic rings. The van der Waals surface area contributed by atoms with Crippen LogP contribution in [-0.2, 0) is 4.79 Å². The Hall–Kier alpha value is -0.780. The number of hydrogen-bond donors (Lipinski definition) is 1. The fourth-order valence-electron chi connectivity index (χ4n) is 2.26. The smallest absolute Gasteiger partial charge is 0.256 e. The Morgan fingerprint density at radius 2 is 2.11 bits per heavy atom. The first-order valence-corrected chi connectivity index (χ1v) is 7.52. The highest BCUT2D eigenvalue weighted by Crippen LogP contribution is 2.33. The Balaban J connectivity index is 2.21. The van der Waals surface area contributed by atoms with E-state index in [1.807, 2.05) is 6.92 Å². The highest BCUT2D eigenvalue weighted by molar-refractivity contribution is 7.20. The third-order valence-electron chi connectivity index (χ3n) is 3.43. The van der Waals surface area contributed by atoms with E-state index in [0.29, 0.717) is 20.8 Å². The van der Waals surface area contributed by atoms with Gasteiger partial charge in [-0.15, -0.1) is 11.3 Å². The second kappa shape index (κ2) is 5.69. The van der Waals surface area contributed by atoms with Crippen molar-refractivity contribution >= 4 is 46.4 Å². The number of nitrogens with two attached hydrogens (primary N) is 1. The van der Waals surface area contributed by atoms with Gasteiger partial charge < -0.3 is 10.6 Å². The van der Waals surface area contributed by atoms with E-state index in [-0.39, 0.29) is 23.8 Å². The Morgan fingerprint density at radius 3 is 2.63 bits per heavy atom. The van der Waals surface area contributed by atoms with Crippen LogP contribution < -0.4 is 5.73 Å². The number of nitrogens with zero attached hydrogens (tertiary/aromatic N) is 1. The van der Waals surface area contributed by atoms with Crippen LogP contribution in [0.4, 0.5) is 0 Å². The van der Waals surface area contributed by atoms with Crippen LogP contribution in [0.15, 0.2) is 6.07 Å². The van der Waals surface area contributed by atoms with Gasteiger partial charge in [0.25, 0.3) is 5.91 Å². The molecule has 2 amide bonds. The summed E-state index contributed by atoms with van der Waals surface area (Å²) in [6.07, 6.45) is 1.48.